The van der Waals surface area contributed by atoms with E-state index in [1.807, 2.05) is 23.1 Å². The molecule has 1 fully saturated rings. The molecule has 0 radical (unpaired) electrons. The highest BCUT2D eigenvalue weighted by atomic mass is 28.4. The Morgan fingerprint density at radius 1 is 1.20 bits per heavy atom. The van der Waals surface area contributed by atoms with E-state index in [1.54, 1.807) is 18.2 Å². The molecule has 1 aliphatic heterocycles. The second-order valence-corrected chi connectivity index (χ2v) is 15.8. The van der Waals surface area contributed by atoms with Crippen LogP contribution < -0.4 is 0 Å². The summed E-state index contributed by atoms with van der Waals surface area (Å²) in [4.78, 5) is 38.3. The number of methoxy groups -OCH3 is 1. The van der Waals surface area contributed by atoms with Crippen LogP contribution in [0.1, 0.15) is 75.7 Å². The van der Waals surface area contributed by atoms with Crippen molar-refractivity contribution in [3.05, 3.63) is 47.5 Å². The Morgan fingerprint density at radius 3 is 2.46 bits per heavy atom. The Labute approximate surface area is 212 Å². The monoisotopic (exact) mass is 501 g/mol. The van der Waals surface area contributed by atoms with Gasteiger partial charge in [-0.3, -0.25) is 9.59 Å². The molecule has 1 aromatic carbocycles. The molecule has 1 aromatic rings. The highest BCUT2D eigenvalue weighted by Gasteiger charge is 2.38. The molecule has 0 saturated carbocycles. The number of likely N-dealkylation sites (tertiary alicyclic amines) is 1. The number of hydrogen-bond donors (Lipinski definition) is 0. The van der Waals surface area contributed by atoms with Crippen LogP contribution in [0.2, 0.25) is 18.1 Å². The predicted octanol–water partition coefficient (Wildman–Crippen LogP) is 5.71. The van der Waals surface area contributed by atoms with E-state index >= 15 is 0 Å². The van der Waals surface area contributed by atoms with Crippen LogP contribution in [0.4, 0.5) is 0 Å². The standard InChI is InChI=1S/C28H43NO5Si/c1-21(34-35(6,7)28(2,3)4)9-8-10-25(30)17-15-24-16-18-26(31)29(24)20-19-22-11-13-23(14-12-22)27(32)33-5/h11-15,17,21,24H,8-10,16,18-20H2,1-7H3/b17-15+/t21-,24+/m1/s1. The van der Waals surface area contributed by atoms with Gasteiger partial charge in [-0.1, -0.05) is 39.0 Å². The van der Waals surface area contributed by atoms with E-state index in [1.165, 1.54) is 7.11 Å². The molecule has 1 saturated heterocycles. The van der Waals surface area contributed by atoms with Gasteiger partial charge in [0.2, 0.25) is 5.91 Å². The van der Waals surface area contributed by atoms with Crippen molar-refractivity contribution in [3.63, 3.8) is 0 Å². The summed E-state index contributed by atoms with van der Waals surface area (Å²) in [6.45, 7) is 13.9. The smallest absolute Gasteiger partial charge is 0.337 e. The van der Waals surface area contributed by atoms with E-state index in [2.05, 4.69) is 40.8 Å². The molecule has 0 aliphatic carbocycles. The highest BCUT2D eigenvalue weighted by molar-refractivity contribution is 6.74. The fourth-order valence-electron chi connectivity index (χ4n) is 4.03. The molecule has 194 valence electrons. The number of amides is 1. The lowest BCUT2D eigenvalue weighted by atomic mass is 10.1. The van der Waals surface area contributed by atoms with Crippen molar-refractivity contribution in [1.82, 2.24) is 4.90 Å². The summed E-state index contributed by atoms with van der Waals surface area (Å²) < 4.78 is 11.1. The number of esters is 1. The number of carbonyl (C=O) groups is 3. The summed E-state index contributed by atoms with van der Waals surface area (Å²) >= 11 is 0. The van der Waals surface area contributed by atoms with E-state index in [0.29, 0.717) is 31.4 Å². The molecule has 0 bridgehead atoms. The normalized spacial score (nSPS) is 17.7. The third-order valence-corrected chi connectivity index (χ3v) is 11.8. The molecule has 1 aliphatic rings. The van der Waals surface area contributed by atoms with Gasteiger partial charge in [-0.05, 0) is 74.5 Å². The Bertz CT molecular complexity index is 901. The van der Waals surface area contributed by atoms with Crippen molar-refractivity contribution in [3.8, 4) is 0 Å². The largest absolute Gasteiger partial charge is 0.465 e. The summed E-state index contributed by atoms with van der Waals surface area (Å²) in [5.41, 5.74) is 1.55. The third-order valence-electron chi connectivity index (χ3n) is 7.23. The fraction of sp³-hybridized carbons (Fsp3) is 0.607. The quantitative estimate of drug-likeness (QED) is 0.208. The number of nitrogens with zero attached hydrogens (tertiary/aromatic N) is 1. The van der Waals surface area contributed by atoms with Crippen molar-refractivity contribution in [2.24, 2.45) is 0 Å². The van der Waals surface area contributed by atoms with Crippen molar-refractivity contribution in [1.29, 1.82) is 0 Å². The number of rotatable bonds is 12. The number of ketones is 1. The summed E-state index contributed by atoms with van der Waals surface area (Å²) in [5, 5.41) is 0.177. The van der Waals surface area contributed by atoms with E-state index in [-0.39, 0.29) is 34.8 Å². The van der Waals surface area contributed by atoms with Crippen LogP contribution in [-0.4, -0.2) is 56.7 Å². The summed E-state index contributed by atoms with van der Waals surface area (Å²) in [5.74, 6) is -0.143. The highest BCUT2D eigenvalue weighted by Crippen LogP contribution is 2.37. The van der Waals surface area contributed by atoms with Gasteiger partial charge >= 0.3 is 5.97 Å². The number of ether oxygens (including phenoxy) is 1. The van der Waals surface area contributed by atoms with Gasteiger partial charge in [0, 0.05) is 25.5 Å². The Hall–Kier alpha value is -2.25. The molecule has 0 unspecified atom stereocenters. The maximum atomic E-state index is 12.4. The second kappa shape index (κ2) is 12.6. The first-order chi connectivity index (χ1) is 16.3. The van der Waals surface area contributed by atoms with Crippen LogP contribution in [0, 0.1) is 0 Å². The van der Waals surface area contributed by atoms with E-state index in [0.717, 1.165) is 24.8 Å². The summed E-state index contributed by atoms with van der Waals surface area (Å²) in [6, 6.07) is 7.21. The van der Waals surface area contributed by atoms with Gasteiger partial charge in [-0.15, -0.1) is 0 Å². The van der Waals surface area contributed by atoms with Gasteiger partial charge in [0.1, 0.15) is 0 Å². The summed E-state index contributed by atoms with van der Waals surface area (Å²) in [6.07, 6.45) is 7.80. The molecule has 1 amide bonds. The lowest BCUT2D eigenvalue weighted by molar-refractivity contribution is -0.128. The lowest BCUT2D eigenvalue weighted by Crippen LogP contribution is -2.43. The molecule has 0 spiro atoms. The number of hydrogen-bond acceptors (Lipinski definition) is 5. The number of benzene rings is 1. The molecule has 6 nitrogen and oxygen atoms in total. The fourth-order valence-corrected chi connectivity index (χ4v) is 5.50. The average molecular weight is 502 g/mol. The van der Waals surface area contributed by atoms with Crippen LogP contribution in [0.5, 0.6) is 0 Å². The first-order valence-corrected chi connectivity index (χ1v) is 15.6. The Morgan fingerprint density at radius 2 is 1.86 bits per heavy atom. The SMILES string of the molecule is COC(=O)c1ccc(CCN2C(=O)CC[C@@H]2/C=C/C(=O)CCC[C@@H](C)O[Si](C)(C)C(C)(C)C)cc1. The van der Waals surface area contributed by atoms with Crippen LogP contribution in [-0.2, 0) is 25.2 Å². The van der Waals surface area contributed by atoms with Crippen molar-refractivity contribution in [2.75, 3.05) is 13.7 Å². The minimum Gasteiger partial charge on any atom is -0.465 e. The molecule has 1 heterocycles. The van der Waals surface area contributed by atoms with Gasteiger partial charge in [0.15, 0.2) is 14.1 Å². The second-order valence-electron chi connectivity index (χ2n) is 11.0. The van der Waals surface area contributed by atoms with Crippen molar-refractivity contribution in [2.45, 2.75) is 96.5 Å². The zero-order chi connectivity index (χ0) is 26.2. The van der Waals surface area contributed by atoms with Crippen molar-refractivity contribution < 1.29 is 23.5 Å². The third kappa shape index (κ3) is 8.72. The molecular formula is C28H43NO5Si. The number of carbonyl (C=O) groups excluding carboxylic acids is 3. The zero-order valence-electron chi connectivity index (χ0n) is 22.6. The van der Waals surface area contributed by atoms with Crippen LogP contribution in [0.3, 0.4) is 0 Å². The molecule has 2 atom stereocenters. The maximum absolute atomic E-state index is 12.4. The molecular weight excluding hydrogens is 458 g/mol. The van der Waals surface area contributed by atoms with Crippen LogP contribution in [0.25, 0.3) is 0 Å². The van der Waals surface area contributed by atoms with Crippen molar-refractivity contribution >= 4 is 26.0 Å². The molecule has 2 rings (SSSR count). The minimum absolute atomic E-state index is 0.0402. The Balaban J connectivity index is 1.80. The molecule has 35 heavy (non-hydrogen) atoms. The molecule has 0 N–H and O–H groups in total. The number of allylic oxidation sites excluding steroid dienone is 1. The summed E-state index contributed by atoms with van der Waals surface area (Å²) in [7, 11) is -0.432. The van der Waals surface area contributed by atoms with Gasteiger partial charge in [-0.2, -0.15) is 0 Å². The van der Waals surface area contributed by atoms with Gasteiger partial charge in [0.05, 0.1) is 18.7 Å². The average Bonchev–Trinajstić information content (AvgIpc) is 3.14. The maximum Gasteiger partial charge on any atom is 0.337 e. The van der Waals surface area contributed by atoms with Gasteiger partial charge in [0.25, 0.3) is 0 Å². The zero-order valence-corrected chi connectivity index (χ0v) is 23.6. The topological polar surface area (TPSA) is 72.9 Å². The van der Waals surface area contributed by atoms with Gasteiger partial charge in [-0.25, -0.2) is 4.79 Å². The van der Waals surface area contributed by atoms with E-state index < -0.39 is 8.32 Å². The van der Waals surface area contributed by atoms with Crippen LogP contribution in [0.15, 0.2) is 36.4 Å². The predicted molar refractivity (Wildman–Crippen MR) is 142 cm³/mol. The van der Waals surface area contributed by atoms with E-state index in [4.69, 9.17) is 9.16 Å². The van der Waals surface area contributed by atoms with Gasteiger partial charge < -0.3 is 14.1 Å². The Kier molecular flexibility index (Phi) is 10.5. The van der Waals surface area contributed by atoms with Crippen LogP contribution >= 0.6 is 0 Å². The van der Waals surface area contributed by atoms with E-state index in [9.17, 15) is 14.4 Å². The first-order valence-electron chi connectivity index (χ1n) is 12.7. The lowest BCUT2D eigenvalue weighted by Gasteiger charge is -2.38. The first kappa shape index (κ1) is 29.0. The minimum atomic E-state index is -1.79. The molecule has 7 heteroatoms. The molecule has 0 aromatic heterocycles.